The molecule has 0 aromatic heterocycles. The second-order valence-electron chi connectivity index (χ2n) is 10.00. The molecule has 1 saturated heterocycles. The molecule has 14 heteroatoms. The van der Waals surface area contributed by atoms with Gasteiger partial charge in [0.1, 0.15) is 18.0 Å². The highest BCUT2D eigenvalue weighted by atomic mass is 79.9. The maximum Gasteiger partial charge on any atom is 0.273 e. The molecule has 0 unspecified atom stereocenters. The van der Waals surface area contributed by atoms with Crippen molar-refractivity contribution in [1.29, 1.82) is 0 Å². The summed E-state index contributed by atoms with van der Waals surface area (Å²) in [5.74, 6) is -2.97. The minimum Gasteiger partial charge on any atom is -0.457 e. The SMILES string of the molecule is O=C(CN(C(=O)c1ccc(Cl)c(Cl)c1)N1C(=O)[C@@H]2C[C@@H](Br)[C@@H](Br)C[C@H]2C1=O)c1ccc(Oc2ccc([N+](=O)[O-])cc2)cc1. The molecule has 2 fully saturated rings. The average Bonchev–Trinajstić information content (AvgIpc) is 3.21. The number of nitrogens with zero attached hydrogens (tertiary/aromatic N) is 3. The van der Waals surface area contributed by atoms with Crippen LogP contribution in [0.25, 0.3) is 0 Å². The molecule has 2 aliphatic rings. The average molecular weight is 754 g/mol. The third-order valence-electron chi connectivity index (χ3n) is 7.28. The van der Waals surface area contributed by atoms with Gasteiger partial charge in [0.25, 0.3) is 23.4 Å². The molecule has 0 bridgehead atoms. The Morgan fingerprint density at radius 3 is 1.88 bits per heavy atom. The van der Waals surface area contributed by atoms with E-state index in [0.29, 0.717) is 24.3 Å². The Hall–Kier alpha value is -3.32. The first-order chi connectivity index (χ1) is 20.4. The normalized spacial score (nSPS) is 21.3. The summed E-state index contributed by atoms with van der Waals surface area (Å²) in [4.78, 5) is 64.6. The second kappa shape index (κ2) is 12.7. The fourth-order valence-corrected chi connectivity index (χ4v) is 6.57. The zero-order valence-electron chi connectivity index (χ0n) is 22.0. The lowest BCUT2D eigenvalue weighted by molar-refractivity contribution is -0.384. The Kier molecular flexibility index (Phi) is 9.21. The highest BCUT2D eigenvalue weighted by Crippen LogP contribution is 2.44. The van der Waals surface area contributed by atoms with Crippen LogP contribution >= 0.6 is 55.1 Å². The van der Waals surface area contributed by atoms with Gasteiger partial charge < -0.3 is 4.74 Å². The molecule has 1 aliphatic carbocycles. The summed E-state index contributed by atoms with van der Waals surface area (Å²) in [6, 6.07) is 15.6. The summed E-state index contributed by atoms with van der Waals surface area (Å²) in [6.07, 6.45) is 0.779. The van der Waals surface area contributed by atoms with Crippen molar-refractivity contribution in [1.82, 2.24) is 10.0 Å². The van der Waals surface area contributed by atoms with E-state index in [2.05, 4.69) is 31.9 Å². The standard InChI is InChI=1S/C29H21Br2Cl2N3O7/c30-22-12-20-21(13-23(22)31)29(40)35(28(20)39)34(27(38)16-3-10-24(32)25(33)11-16)14-26(37)15-1-6-18(7-2-15)43-19-8-4-17(5-9-19)36(41)42/h1-11,20-23H,12-14H2/t20-,21-,22-,23+/m1/s1. The molecule has 0 spiro atoms. The summed E-state index contributed by atoms with van der Waals surface area (Å²) in [5, 5.41) is 12.8. The van der Waals surface area contributed by atoms with Gasteiger partial charge in [0.15, 0.2) is 5.78 Å². The number of Topliss-reactive ketones (excluding diaryl/α,β-unsaturated/α-hetero) is 1. The fourth-order valence-electron chi connectivity index (χ4n) is 5.04. The molecule has 4 atom stereocenters. The number of rotatable bonds is 8. The zero-order chi connectivity index (χ0) is 31.0. The lowest BCUT2D eigenvalue weighted by Crippen LogP contribution is -2.52. The molecule has 10 nitrogen and oxygen atoms in total. The first-order valence-corrected chi connectivity index (χ1v) is 15.5. The van der Waals surface area contributed by atoms with Crippen molar-refractivity contribution in [3.8, 4) is 11.5 Å². The van der Waals surface area contributed by atoms with Crippen LogP contribution in [0.2, 0.25) is 10.0 Å². The van der Waals surface area contributed by atoms with Crippen LogP contribution in [0.15, 0.2) is 66.7 Å². The minimum absolute atomic E-state index is 0.0428. The van der Waals surface area contributed by atoms with E-state index in [-0.39, 0.29) is 36.5 Å². The number of hydrogen-bond donors (Lipinski definition) is 0. The van der Waals surface area contributed by atoms with Gasteiger partial charge >= 0.3 is 0 Å². The van der Waals surface area contributed by atoms with Crippen molar-refractivity contribution in [2.24, 2.45) is 11.8 Å². The third-order valence-corrected chi connectivity index (χ3v) is 10.8. The van der Waals surface area contributed by atoms with E-state index in [1.165, 1.54) is 66.7 Å². The lowest BCUT2D eigenvalue weighted by Gasteiger charge is -2.30. The van der Waals surface area contributed by atoms with Crippen LogP contribution in [0.4, 0.5) is 5.69 Å². The van der Waals surface area contributed by atoms with E-state index in [4.69, 9.17) is 27.9 Å². The van der Waals surface area contributed by atoms with Crippen LogP contribution in [0, 0.1) is 22.0 Å². The Bertz CT molecular complexity index is 1590. The monoisotopic (exact) mass is 751 g/mol. The van der Waals surface area contributed by atoms with Crippen molar-refractivity contribution >= 4 is 84.3 Å². The van der Waals surface area contributed by atoms with E-state index < -0.39 is 46.8 Å². The van der Waals surface area contributed by atoms with E-state index in [0.717, 1.165) is 10.0 Å². The number of nitro benzene ring substituents is 1. The maximum atomic E-state index is 13.8. The summed E-state index contributed by atoms with van der Waals surface area (Å²) in [7, 11) is 0. The van der Waals surface area contributed by atoms with Crippen LogP contribution in [0.1, 0.15) is 33.6 Å². The van der Waals surface area contributed by atoms with Gasteiger partial charge in [-0.15, -0.1) is 0 Å². The molecule has 222 valence electrons. The number of ether oxygens (including phenoxy) is 1. The number of imide groups is 1. The van der Waals surface area contributed by atoms with Crippen molar-refractivity contribution in [2.75, 3.05) is 6.54 Å². The van der Waals surface area contributed by atoms with E-state index >= 15 is 0 Å². The van der Waals surface area contributed by atoms with Crippen LogP contribution < -0.4 is 4.74 Å². The second-order valence-corrected chi connectivity index (χ2v) is 13.2. The van der Waals surface area contributed by atoms with Gasteiger partial charge in [-0.05, 0) is 67.4 Å². The van der Waals surface area contributed by atoms with Gasteiger partial charge in [-0.1, -0.05) is 55.1 Å². The number of benzene rings is 3. The predicted octanol–water partition coefficient (Wildman–Crippen LogP) is 6.86. The molecule has 0 radical (unpaired) electrons. The number of halogens is 4. The van der Waals surface area contributed by atoms with Gasteiger partial charge in [0.05, 0.1) is 26.8 Å². The number of nitro groups is 1. The maximum absolute atomic E-state index is 13.8. The molecule has 1 saturated carbocycles. The van der Waals surface area contributed by atoms with Crippen molar-refractivity contribution in [3.05, 3.63) is 98.0 Å². The summed E-state index contributed by atoms with van der Waals surface area (Å²) >= 11 is 19.3. The van der Waals surface area contributed by atoms with Gasteiger partial charge in [0, 0.05) is 32.9 Å². The Labute approximate surface area is 272 Å². The van der Waals surface area contributed by atoms with E-state index in [1.54, 1.807) is 0 Å². The minimum atomic E-state index is -0.767. The Morgan fingerprint density at radius 1 is 0.860 bits per heavy atom. The van der Waals surface area contributed by atoms with Crippen molar-refractivity contribution in [2.45, 2.75) is 22.5 Å². The number of amides is 3. The number of carbonyl (C=O) groups is 4. The molecule has 3 amide bonds. The Balaban J connectivity index is 1.39. The number of non-ortho nitro benzene ring substituents is 1. The molecular weight excluding hydrogens is 733 g/mol. The predicted molar refractivity (Wildman–Crippen MR) is 165 cm³/mol. The largest absolute Gasteiger partial charge is 0.457 e. The van der Waals surface area contributed by atoms with Gasteiger partial charge in [-0.25, -0.2) is 5.01 Å². The number of hydrogen-bond acceptors (Lipinski definition) is 7. The highest BCUT2D eigenvalue weighted by molar-refractivity contribution is 9.12. The van der Waals surface area contributed by atoms with Crippen LogP contribution in [-0.2, 0) is 9.59 Å². The van der Waals surface area contributed by atoms with E-state index in [9.17, 15) is 29.3 Å². The first kappa shape index (κ1) is 31.1. The molecule has 1 heterocycles. The number of hydrazine groups is 1. The topological polar surface area (TPSA) is 127 Å². The summed E-state index contributed by atoms with van der Waals surface area (Å²) in [5.41, 5.74) is 0.156. The molecule has 1 aliphatic heterocycles. The van der Waals surface area contributed by atoms with Gasteiger partial charge in [-0.3, -0.25) is 29.3 Å². The smallest absolute Gasteiger partial charge is 0.273 e. The van der Waals surface area contributed by atoms with Gasteiger partial charge in [-0.2, -0.15) is 5.01 Å². The molecule has 3 aromatic rings. The van der Waals surface area contributed by atoms with Crippen molar-refractivity contribution in [3.63, 3.8) is 0 Å². The molecule has 0 N–H and O–H groups in total. The molecule has 43 heavy (non-hydrogen) atoms. The third kappa shape index (κ3) is 6.47. The summed E-state index contributed by atoms with van der Waals surface area (Å²) < 4.78 is 5.70. The summed E-state index contributed by atoms with van der Waals surface area (Å²) in [6.45, 7) is -0.603. The van der Waals surface area contributed by atoms with Crippen LogP contribution in [0.5, 0.6) is 11.5 Å². The zero-order valence-corrected chi connectivity index (χ0v) is 26.7. The van der Waals surface area contributed by atoms with Crippen LogP contribution in [-0.4, -0.2) is 54.6 Å². The molecule has 3 aromatic carbocycles. The molecular formula is C29H21Br2Cl2N3O7. The molecule has 5 rings (SSSR count). The number of fused-ring (bicyclic) bond motifs is 1. The van der Waals surface area contributed by atoms with Crippen LogP contribution in [0.3, 0.4) is 0 Å². The fraction of sp³-hybridized carbons (Fsp3) is 0.241. The van der Waals surface area contributed by atoms with E-state index in [1.807, 2.05) is 0 Å². The quantitative estimate of drug-likeness (QED) is 0.0809. The number of ketones is 1. The number of carbonyl (C=O) groups excluding carboxylic acids is 4. The van der Waals surface area contributed by atoms with Gasteiger partial charge in [0.2, 0.25) is 0 Å². The first-order valence-electron chi connectivity index (χ1n) is 12.9. The number of alkyl halides is 2. The highest BCUT2D eigenvalue weighted by Gasteiger charge is 2.54. The Morgan fingerprint density at radius 2 is 1.37 bits per heavy atom. The van der Waals surface area contributed by atoms with Crippen molar-refractivity contribution < 1.29 is 28.8 Å². The lowest BCUT2D eigenvalue weighted by atomic mass is 9.81.